The number of fused-ring (bicyclic) bond motifs is 1. The first kappa shape index (κ1) is 18.1. The molecule has 2 atom stereocenters. The molecule has 0 radical (unpaired) electrons. The molecule has 2 aliphatic rings. The van der Waals surface area contributed by atoms with Crippen molar-refractivity contribution in [3.05, 3.63) is 34.3 Å². The molecule has 4 heteroatoms. The molecule has 134 valence electrons. The van der Waals surface area contributed by atoms with Crippen LogP contribution in [0, 0.1) is 11.3 Å². The molecule has 0 spiro atoms. The van der Waals surface area contributed by atoms with Gasteiger partial charge in [-0.1, -0.05) is 44.5 Å². The minimum absolute atomic E-state index is 0.0593. The molecule has 0 amide bonds. The van der Waals surface area contributed by atoms with Crippen molar-refractivity contribution < 1.29 is 13.5 Å². The van der Waals surface area contributed by atoms with Crippen LogP contribution in [0.2, 0.25) is 5.02 Å². The number of alkyl halides is 2. The molecular formula is C20H27ClF2O. The lowest BCUT2D eigenvalue weighted by atomic mass is 9.63. The Balaban J connectivity index is 1.83. The average molecular weight is 357 g/mol. The summed E-state index contributed by atoms with van der Waals surface area (Å²) in [5.41, 5.74) is 2.20. The minimum Gasteiger partial charge on any atom is -0.380 e. The summed E-state index contributed by atoms with van der Waals surface area (Å²) in [5, 5.41) is 0.758. The number of hydrogen-bond donors (Lipinski definition) is 0. The number of rotatable bonds is 3. The summed E-state index contributed by atoms with van der Waals surface area (Å²) >= 11 is 6.53. The Labute approximate surface area is 148 Å². The smallest absolute Gasteiger partial charge is 0.248 e. The third-order valence-electron chi connectivity index (χ3n) is 5.71. The maximum Gasteiger partial charge on any atom is 0.248 e. The lowest BCUT2D eigenvalue weighted by Gasteiger charge is -2.41. The summed E-state index contributed by atoms with van der Waals surface area (Å²) in [6.07, 6.45) is 2.35. The van der Waals surface area contributed by atoms with Crippen LogP contribution < -0.4 is 0 Å². The fourth-order valence-corrected chi connectivity index (χ4v) is 4.37. The second kappa shape index (κ2) is 6.25. The van der Waals surface area contributed by atoms with E-state index in [1.54, 1.807) is 0 Å². The summed E-state index contributed by atoms with van der Waals surface area (Å²) in [4.78, 5) is 0. The van der Waals surface area contributed by atoms with Crippen molar-refractivity contribution in [2.24, 2.45) is 11.3 Å². The van der Waals surface area contributed by atoms with Crippen LogP contribution >= 0.6 is 11.6 Å². The van der Waals surface area contributed by atoms with Crippen molar-refractivity contribution in [2.45, 2.75) is 64.2 Å². The average Bonchev–Trinajstić information content (AvgIpc) is 2.87. The van der Waals surface area contributed by atoms with E-state index < -0.39 is 5.92 Å². The summed E-state index contributed by atoms with van der Waals surface area (Å²) in [6.45, 7) is 7.62. The molecule has 0 bridgehead atoms. The highest BCUT2D eigenvalue weighted by molar-refractivity contribution is 6.31. The van der Waals surface area contributed by atoms with Gasteiger partial charge >= 0.3 is 0 Å². The van der Waals surface area contributed by atoms with Crippen LogP contribution in [-0.4, -0.2) is 19.1 Å². The minimum atomic E-state index is -2.56. The van der Waals surface area contributed by atoms with E-state index in [0.29, 0.717) is 19.6 Å². The molecule has 1 saturated carbocycles. The van der Waals surface area contributed by atoms with Crippen LogP contribution in [0.4, 0.5) is 8.78 Å². The third kappa shape index (κ3) is 3.62. The SMILES string of the molecule is CC(C)(C)CCc1ccc(C23CCC(F)(F)CC2COC3)cc1Cl. The number of hydrogen-bond acceptors (Lipinski definition) is 1. The topological polar surface area (TPSA) is 9.23 Å². The van der Waals surface area contributed by atoms with E-state index in [9.17, 15) is 8.78 Å². The molecule has 1 heterocycles. The molecular weight excluding hydrogens is 330 g/mol. The van der Waals surface area contributed by atoms with E-state index in [0.717, 1.165) is 29.0 Å². The molecule has 0 N–H and O–H groups in total. The molecule has 1 aliphatic heterocycles. The first-order chi connectivity index (χ1) is 11.1. The molecule has 3 rings (SSSR count). The van der Waals surface area contributed by atoms with Gasteiger partial charge in [-0.05, 0) is 47.8 Å². The summed E-state index contributed by atoms with van der Waals surface area (Å²) < 4.78 is 33.2. The second-order valence-corrected chi connectivity index (χ2v) is 9.20. The Hall–Kier alpha value is -0.670. The van der Waals surface area contributed by atoms with Crippen molar-refractivity contribution in [1.82, 2.24) is 0 Å². The van der Waals surface area contributed by atoms with Crippen LogP contribution in [-0.2, 0) is 16.6 Å². The van der Waals surface area contributed by atoms with Crippen molar-refractivity contribution in [1.29, 1.82) is 0 Å². The highest BCUT2D eigenvalue weighted by Gasteiger charge is 2.54. The summed E-state index contributed by atoms with van der Waals surface area (Å²) in [5.74, 6) is -2.67. The van der Waals surface area contributed by atoms with E-state index in [2.05, 4.69) is 32.9 Å². The Bertz CT molecular complexity index is 608. The quantitative estimate of drug-likeness (QED) is 0.643. The third-order valence-corrected chi connectivity index (χ3v) is 6.07. The van der Waals surface area contributed by atoms with Crippen molar-refractivity contribution in [3.63, 3.8) is 0 Å². The van der Waals surface area contributed by atoms with Crippen LogP contribution in [0.3, 0.4) is 0 Å². The lowest BCUT2D eigenvalue weighted by molar-refractivity contribution is -0.0676. The fraction of sp³-hybridized carbons (Fsp3) is 0.700. The summed E-state index contributed by atoms with van der Waals surface area (Å²) in [7, 11) is 0. The van der Waals surface area contributed by atoms with Gasteiger partial charge in [-0.25, -0.2) is 8.78 Å². The van der Waals surface area contributed by atoms with Crippen LogP contribution in [0.15, 0.2) is 18.2 Å². The van der Waals surface area contributed by atoms with Gasteiger partial charge in [0.05, 0.1) is 13.2 Å². The maximum atomic E-state index is 13.8. The largest absolute Gasteiger partial charge is 0.380 e. The number of halogens is 3. The molecule has 2 unspecified atom stereocenters. The first-order valence-electron chi connectivity index (χ1n) is 8.86. The molecule has 2 fully saturated rings. The molecule has 1 aromatic rings. The standard InChI is InChI=1S/C20H27ClF2O/c1-18(2,3)7-6-14-4-5-15(10-17(14)21)19-8-9-20(22,23)11-16(19)12-24-13-19/h4-5,10,16H,6-9,11-13H2,1-3H3. The molecule has 1 aliphatic carbocycles. The first-order valence-corrected chi connectivity index (χ1v) is 9.24. The monoisotopic (exact) mass is 356 g/mol. The number of aryl methyl sites for hydroxylation is 1. The van der Waals surface area contributed by atoms with E-state index in [4.69, 9.17) is 16.3 Å². The van der Waals surface area contributed by atoms with Gasteiger partial charge in [-0.2, -0.15) is 0 Å². The Kier molecular flexibility index (Phi) is 4.72. The lowest BCUT2D eigenvalue weighted by Crippen LogP contribution is -2.43. The van der Waals surface area contributed by atoms with Gasteiger partial charge < -0.3 is 4.74 Å². The number of ether oxygens (including phenoxy) is 1. The van der Waals surface area contributed by atoms with E-state index in [-0.39, 0.29) is 29.6 Å². The van der Waals surface area contributed by atoms with Gasteiger partial charge in [0.1, 0.15) is 0 Å². The van der Waals surface area contributed by atoms with E-state index >= 15 is 0 Å². The Morgan fingerprint density at radius 3 is 2.67 bits per heavy atom. The van der Waals surface area contributed by atoms with Gasteiger partial charge in [-0.15, -0.1) is 0 Å². The predicted octanol–water partition coefficient (Wildman–Crippen LogP) is 6.02. The normalized spacial score (nSPS) is 29.5. The zero-order chi connectivity index (χ0) is 17.6. The van der Waals surface area contributed by atoms with Crippen molar-refractivity contribution in [3.8, 4) is 0 Å². The zero-order valence-electron chi connectivity index (χ0n) is 14.8. The Morgan fingerprint density at radius 1 is 1.25 bits per heavy atom. The van der Waals surface area contributed by atoms with E-state index in [1.807, 2.05) is 6.07 Å². The maximum absolute atomic E-state index is 13.8. The van der Waals surface area contributed by atoms with Crippen molar-refractivity contribution in [2.75, 3.05) is 13.2 Å². The number of benzene rings is 1. The molecule has 1 saturated heterocycles. The fourth-order valence-electron chi connectivity index (χ4n) is 4.09. The van der Waals surface area contributed by atoms with Gasteiger partial charge in [0.15, 0.2) is 0 Å². The Morgan fingerprint density at radius 2 is 2.00 bits per heavy atom. The van der Waals surface area contributed by atoms with Gasteiger partial charge in [-0.3, -0.25) is 0 Å². The molecule has 0 aromatic heterocycles. The summed E-state index contributed by atoms with van der Waals surface area (Å²) in [6, 6.07) is 6.18. The van der Waals surface area contributed by atoms with Crippen molar-refractivity contribution >= 4 is 11.6 Å². The molecule has 1 nitrogen and oxygen atoms in total. The molecule has 1 aromatic carbocycles. The zero-order valence-corrected chi connectivity index (χ0v) is 15.6. The van der Waals surface area contributed by atoms with Crippen LogP contribution in [0.1, 0.15) is 57.6 Å². The highest BCUT2D eigenvalue weighted by atomic mass is 35.5. The molecule has 24 heavy (non-hydrogen) atoms. The van der Waals surface area contributed by atoms with Crippen LogP contribution in [0.5, 0.6) is 0 Å². The van der Waals surface area contributed by atoms with Crippen LogP contribution in [0.25, 0.3) is 0 Å². The van der Waals surface area contributed by atoms with Gasteiger partial charge in [0.25, 0.3) is 0 Å². The second-order valence-electron chi connectivity index (χ2n) is 8.80. The van der Waals surface area contributed by atoms with Gasteiger partial charge in [0.2, 0.25) is 5.92 Å². The van der Waals surface area contributed by atoms with Gasteiger partial charge in [0, 0.05) is 23.3 Å². The highest BCUT2D eigenvalue weighted by Crippen LogP contribution is 2.52. The predicted molar refractivity (Wildman–Crippen MR) is 94.0 cm³/mol. The van der Waals surface area contributed by atoms with E-state index in [1.165, 1.54) is 0 Å².